The molecule has 1 atom stereocenters. The molecule has 0 spiro atoms. The molecule has 0 saturated carbocycles. The summed E-state index contributed by atoms with van der Waals surface area (Å²) in [7, 11) is 1.95. The van der Waals surface area contributed by atoms with Gasteiger partial charge in [0.15, 0.2) is 0 Å². The average Bonchev–Trinajstić information content (AvgIpc) is 2.45. The molecule has 0 amide bonds. The zero-order chi connectivity index (χ0) is 14.4. The number of halogens is 2. The van der Waals surface area contributed by atoms with Crippen LogP contribution in [0.15, 0.2) is 53.4 Å². The second-order valence-electron chi connectivity index (χ2n) is 4.58. The number of rotatable bonds is 6. The molecule has 0 aromatic heterocycles. The van der Waals surface area contributed by atoms with Gasteiger partial charge in [0.2, 0.25) is 0 Å². The Balaban J connectivity index is 1.90. The Hall–Kier alpha value is -1.03. The first kappa shape index (κ1) is 15.4. The normalized spacial score (nSPS) is 12.3. The molecular formula is C16H17ClFNS. The minimum absolute atomic E-state index is 0.186. The summed E-state index contributed by atoms with van der Waals surface area (Å²) in [5, 5.41) is 4.06. The summed E-state index contributed by atoms with van der Waals surface area (Å²) in [6.07, 6.45) is 0.927. The molecule has 20 heavy (non-hydrogen) atoms. The van der Waals surface area contributed by atoms with Gasteiger partial charge in [-0.25, -0.2) is 4.39 Å². The van der Waals surface area contributed by atoms with Crippen LogP contribution in [0, 0.1) is 5.82 Å². The summed E-state index contributed by atoms with van der Waals surface area (Å²) in [6.45, 7) is 0. The van der Waals surface area contributed by atoms with Crippen LogP contribution >= 0.6 is 23.4 Å². The van der Waals surface area contributed by atoms with Crippen molar-refractivity contribution < 1.29 is 4.39 Å². The van der Waals surface area contributed by atoms with E-state index in [0.29, 0.717) is 6.04 Å². The van der Waals surface area contributed by atoms with E-state index in [4.69, 9.17) is 11.6 Å². The number of hydrogen-bond donors (Lipinski definition) is 1. The van der Waals surface area contributed by atoms with E-state index in [9.17, 15) is 4.39 Å². The van der Waals surface area contributed by atoms with Gasteiger partial charge in [-0.2, -0.15) is 0 Å². The monoisotopic (exact) mass is 309 g/mol. The SMILES string of the molecule is CNC(CSc1cccc(F)c1)Cc1ccc(Cl)cc1. The first-order valence-electron chi connectivity index (χ1n) is 6.47. The summed E-state index contributed by atoms with van der Waals surface area (Å²) in [6, 6.07) is 14.9. The highest BCUT2D eigenvalue weighted by Crippen LogP contribution is 2.21. The highest BCUT2D eigenvalue weighted by atomic mass is 35.5. The molecule has 2 aromatic carbocycles. The van der Waals surface area contributed by atoms with E-state index >= 15 is 0 Å². The lowest BCUT2D eigenvalue weighted by Crippen LogP contribution is -2.30. The van der Waals surface area contributed by atoms with Gasteiger partial charge in [-0.15, -0.1) is 11.8 Å². The highest BCUT2D eigenvalue weighted by Gasteiger charge is 2.08. The molecule has 0 saturated heterocycles. The van der Waals surface area contributed by atoms with E-state index in [1.54, 1.807) is 23.9 Å². The summed E-state index contributed by atoms with van der Waals surface area (Å²) in [4.78, 5) is 0.960. The van der Waals surface area contributed by atoms with Crippen LogP contribution in [-0.4, -0.2) is 18.8 Å². The first-order chi connectivity index (χ1) is 9.67. The zero-order valence-corrected chi connectivity index (χ0v) is 12.8. The average molecular weight is 310 g/mol. The molecule has 106 valence electrons. The molecule has 1 unspecified atom stereocenters. The predicted molar refractivity (Wildman–Crippen MR) is 85.1 cm³/mol. The molecule has 0 aliphatic heterocycles. The van der Waals surface area contributed by atoms with Crippen LogP contribution in [0.1, 0.15) is 5.56 Å². The van der Waals surface area contributed by atoms with E-state index in [-0.39, 0.29) is 5.82 Å². The fraction of sp³-hybridized carbons (Fsp3) is 0.250. The van der Waals surface area contributed by atoms with Crippen molar-refractivity contribution in [3.8, 4) is 0 Å². The Morgan fingerprint density at radius 1 is 1.20 bits per heavy atom. The Morgan fingerprint density at radius 2 is 1.95 bits per heavy atom. The fourth-order valence-electron chi connectivity index (χ4n) is 1.90. The molecule has 0 radical (unpaired) electrons. The van der Waals surface area contributed by atoms with E-state index < -0.39 is 0 Å². The van der Waals surface area contributed by atoms with Gasteiger partial charge in [0.1, 0.15) is 5.82 Å². The molecule has 0 fully saturated rings. The Labute approximate surface area is 128 Å². The Kier molecular flexibility index (Phi) is 5.89. The van der Waals surface area contributed by atoms with Crippen molar-refractivity contribution >= 4 is 23.4 Å². The van der Waals surface area contributed by atoms with Crippen LogP contribution in [0.5, 0.6) is 0 Å². The maximum absolute atomic E-state index is 13.1. The van der Waals surface area contributed by atoms with Crippen molar-refractivity contribution in [3.63, 3.8) is 0 Å². The third-order valence-corrected chi connectivity index (χ3v) is 4.46. The number of thioether (sulfide) groups is 1. The minimum Gasteiger partial charge on any atom is -0.316 e. The summed E-state index contributed by atoms with van der Waals surface area (Å²) < 4.78 is 13.1. The van der Waals surface area contributed by atoms with Crippen molar-refractivity contribution in [3.05, 3.63) is 64.9 Å². The lowest BCUT2D eigenvalue weighted by Gasteiger charge is -2.16. The number of hydrogen-bond acceptors (Lipinski definition) is 2. The van der Waals surface area contributed by atoms with Crippen molar-refractivity contribution in [2.24, 2.45) is 0 Å². The number of likely N-dealkylation sites (N-methyl/N-ethyl adjacent to an activating group) is 1. The molecule has 1 nitrogen and oxygen atoms in total. The van der Waals surface area contributed by atoms with E-state index in [0.717, 1.165) is 22.1 Å². The van der Waals surface area contributed by atoms with Gasteiger partial charge in [-0.05, 0) is 49.4 Å². The second kappa shape index (κ2) is 7.67. The van der Waals surface area contributed by atoms with Gasteiger partial charge in [-0.1, -0.05) is 29.8 Å². The second-order valence-corrected chi connectivity index (χ2v) is 6.11. The van der Waals surface area contributed by atoms with Crippen LogP contribution in [0.2, 0.25) is 5.02 Å². The maximum atomic E-state index is 13.1. The van der Waals surface area contributed by atoms with Gasteiger partial charge in [0.05, 0.1) is 0 Å². The fourth-order valence-corrected chi connectivity index (χ4v) is 3.08. The maximum Gasteiger partial charge on any atom is 0.124 e. The van der Waals surface area contributed by atoms with Gasteiger partial charge < -0.3 is 5.32 Å². The van der Waals surface area contributed by atoms with E-state index in [1.165, 1.54) is 11.6 Å². The van der Waals surface area contributed by atoms with Crippen LogP contribution in [-0.2, 0) is 6.42 Å². The van der Waals surface area contributed by atoms with Gasteiger partial charge in [-0.3, -0.25) is 0 Å². The molecular weight excluding hydrogens is 293 g/mol. The smallest absolute Gasteiger partial charge is 0.124 e. The van der Waals surface area contributed by atoms with Crippen LogP contribution in [0.4, 0.5) is 4.39 Å². The molecule has 0 aliphatic rings. The van der Waals surface area contributed by atoms with Crippen molar-refractivity contribution in [2.75, 3.05) is 12.8 Å². The zero-order valence-electron chi connectivity index (χ0n) is 11.3. The van der Waals surface area contributed by atoms with Crippen LogP contribution in [0.25, 0.3) is 0 Å². The van der Waals surface area contributed by atoms with Gasteiger partial charge >= 0.3 is 0 Å². The van der Waals surface area contributed by atoms with Gasteiger partial charge in [0.25, 0.3) is 0 Å². The summed E-state index contributed by atoms with van der Waals surface area (Å²) in [5.41, 5.74) is 1.24. The third-order valence-electron chi connectivity index (χ3n) is 3.05. The summed E-state index contributed by atoms with van der Waals surface area (Å²) in [5.74, 6) is 0.705. The standard InChI is InChI=1S/C16H17ClFNS/c1-19-15(9-12-5-7-13(17)8-6-12)11-20-16-4-2-3-14(18)10-16/h2-8,10,15,19H,9,11H2,1H3. The Bertz CT molecular complexity index is 544. The van der Waals surface area contributed by atoms with Crippen LogP contribution < -0.4 is 5.32 Å². The summed E-state index contributed by atoms with van der Waals surface area (Å²) >= 11 is 7.54. The number of nitrogens with one attached hydrogen (secondary N) is 1. The number of benzene rings is 2. The highest BCUT2D eigenvalue weighted by molar-refractivity contribution is 7.99. The molecule has 0 aliphatic carbocycles. The van der Waals surface area contributed by atoms with E-state index in [2.05, 4.69) is 5.32 Å². The minimum atomic E-state index is -0.186. The molecule has 2 rings (SSSR count). The molecule has 0 heterocycles. The largest absolute Gasteiger partial charge is 0.316 e. The lowest BCUT2D eigenvalue weighted by molar-refractivity contribution is 0.615. The van der Waals surface area contributed by atoms with Crippen molar-refractivity contribution in [1.82, 2.24) is 5.32 Å². The molecule has 4 heteroatoms. The Morgan fingerprint density at radius 3 is 2.60 bits per heavy atom. The predicted octanol–water partition coefficient (Wildman–Crippen LogP) is 4.40. The lowest BCUT2D eigenvalue weighted by atomic mass is 10.1. The molecule has 2 aromatic rings. The van der Waals surface area contributed by atoms with Gasteiger partial charge in [0, 0.05) is 21.7 Å². The van der Waals surface area contributed by atoms with Crippen molar-refractivity contribution in [1.29, 1.82) is 0 Å². The first-order valence-corrected chi connectivity index (χ1v) is 7.84. The van der Waals surface area contributed by atoms with Crippen molar-refractivity contribution in [2.45, 2.75) is 17.4 Å². The molecule has 0 bridgehead atoms. The van der Waals surface area contributed by atoms with Crippen LogP contribution in [0.3, 0.4) is 0 Å². The molecule has 1 N–H and O–H groups in total. The topological polar surface area (TPSA) is 12.0 Å². The van der Waals surface area contributed by atoms with E-state index in [1.807, 2.05) is 37.4 Å². The quantitative estimate of drug-likeness (QED) is 0.794. The third kappa shape index (κ3) is 4.82.